The Morgan fingerprint density at radius 3 is 2.29 bits per heavy atom. The number of hydrogen-bond acceptors (Lipinski definition) is 3. The zero-order valence-corrected chi connectivity index (χ0v) is 11.3. The lowest BCUT2D eigenvalue weighted by Crippen LogP contribution is -1.90. The topological polar surface area (TPSA) is 30.0 Å². The molecule has 0 N–H and O–H groups in total. The summed E-state index contributed by atoms with van der Waals surface area (Å²) in [5, 5.41) is 0.551. The number of carbonyl (C=O) groups excluding carboxylic acids is 1. The highest BCUT2D eigenvalue weighted by atomic mass is 32.1. The number of benzene rings is 1. The lowest BCUT2D eigenvalue weighted by molar-refractivity contribution is 0.112. The Bertz CT molecular complexity index is 584. The van der Waals surface area contributed by atoms with Crippen molar-refractivity contribution in [2.45, 2.75) is 27.7 Å². The van der Waals surface area contributed by atoms with Crippen LogP contribution in [-0.4, -0.2) is 11.3 Å². The molecule has 88 valence electrons. The Labute approximate surface area is 105 Å². The van der Waals surface area contributed by atoms with Crippen molar-refractivity contribution in [2.24, 2.45) is 0 Å². The van der Waals surface area contributed by atoms with Crippen molar-refractivity contribution in [1.29, 1.82) is 0 Å². The van der Waals surface area contributed by atoms with Gasteiger partial charge in [-0.2, -0.15) is 0 Å². The number of carbonyl (C=O) groups is 1. The first-order valence-electron chi connectivity index (χ1n) is 5.53. The van der Waals surface area contributed by atoms with Gasteiger partial charge in [0.25, 0.3) is 0 Å². The Morgan fingerprint density at radius 1 is 1.06 bits per heavy atom. The molecule has 0 aliphatic heterocycles. The molecule has 2 aromatic rings. The molecule has 1 aromatic carbocycles. The second-order valence-electron chi connectivity index (χ2n) is 4.33. The summed E-state index contributed by atoms with van der Waals surface area (Å²) in [6.45, 7) is 8.30. The fourth-order valence-corrected chi connectivity index (χ4v) is 2.68. The van der Waals surface area contributed by atoms with E-state index >= 15 is 0 Å². The molecule has 0 saturated heterocycles. The molecule has 17 heavy (non-hydrogen) atoms. The van der Waals surface area contributed by atoms with Crippen molar-refractivity contribution in [3.05, 3.63) is 38.7 Å². The maximum absolute atomic E-state index is 10.8. The number of aldehydes is 1. The second kappa shape index (κ2) is 4.41. The molecule has 0 bridgehead atoms. The fraction of sp³-hybridized carbons (Fsp3) is 0.286. The lowest BCUT2D eigenvalue weighted by atomic mass is 9.98. The molecule has 2 nitrogen and oxygen atoms in total. The first-order chi connectivity index (χ1) is 8.02. The highest BCUT2D eigenvalue weighted by Gasteiger charge is 2.12. The predicted molar refractivity (Wildman–Crippen MR) is 71.9 cm³/mol. The van der Waals surface area contributed by atoms with Gasteiger partial charge in [-0.25, -0.2) is 4.98 Å². The van der Waals surface area contributed by atoms with E-state index in [0.29, 0.717) is 5.01 Å². The quantitative estimate of drug-likeness (QED) is 0.752. The van der Waals surface area contributed by atoms with Gasteiger partial charge < -0.3 is 0 Å². The van der Waals surface area contributed by atoms with Gasteiger partial charge in [-0.05, 0) is 50.5 Å². The number of nitrogens with zero attached hydrogens (tertiary/aromatic N) is 1. The van der Waals surface area contributed by atoms with Crippen LogP contribution in [0.15, 0.2) is 12.1 Å². The molecule has 0 aliphatic carbocycles. The van der Waals surface area contributed by atoms with Crippen LogP contribution in [0.25, 0.3) is 11.3 Å². The Hall–Kier alpha value is -1.48. The second-order valence-corrected chi connectivity index (χ2v) is 5.56. The van der Waals surface area contributed by atoms with Gasteiger partial charge in [0.2, 0.25) is 0 Å². The van der Waals surface area contributed by atoms with E-state index in [1.54, 1.807) is 0 Å². The molecule has 0 amide bonds. The van der Waals surface area contributed by atoms with Gasteiger partial charge in [-0.1, -0.05) is 6.07 Å². The smallest absolute Gasteiger partial charge is 0.178 e. The van der Waals surface area contributed by atoms with Crippen molar-refractivity contribution in [1.82, 2.24) is 4.98 Å². The maximum Gasteiger partial charge on any atom is 0.178 e. The normalized spacial score (nSPS) is 10.6. The van der Waals surface area contributed by atoms with E-state index in [9.17, 15) is 4.79 Å². The monoisotopic (exact) mass is 245 g/mol. The minimum Gasteiger partial charge on any atom is -0.295 e. The lowest BCUT2D eigenvalue weighted by Gasteiger charge is -2.08. The van der Waals surface area contributed by atoms with E-state index in [0.717, 1.165) is 22.4 Å². The summed E-state index contributed by atoms with van der Waals surface area (Å²) < 4.78 is 0. The summed E-state index contributed by atoms with van der Waals surface area (Å²) in [6.07, 6.45) is 0.817. The van der Waals surface area contributed by atoms with Crippen molar-refractivity contribution in [3.8, 4) is 11.3 Å². The van der Waals surface area contributed by atoms with E-state index < -0.39 is 0 Å². The minimum absolute atomic E-state index is 0.551. The van der Waals surface area contributed by atoms with Crippen LogP contribution in [0.2, 0.25) is 0 Å². The third-order valence-electron chi connectivity index (χ3n) is 3.01. The number of hydrogen-bond donors (Lipinski definition) is 0. The summed E-state index contributed by atoms with van der Waals surface area (Å²) in [7, 11) is 0. The molecule has 0 atom stereocenters. The number of rotatable bonds is 2. The molecule has 0 fully saturated rings. The van der Waals surface area contributed by atoms with Gasteiger partial charge >= 0.3 is 0 Å². The van der Waals surface area contributed by atoms with Crippen LogP contribution < -0.4 is 0 Å². The van der Waals surface area contributed by atoms with Crippen molar-refractivity contribution >= 4 is 17.6 Å². The summed E-state index contributed by atoms with van der Waals surface area (Å²) in [6, 6.07) is 4.32. The highest BCUT2D eigenvalue weighted by Crippen LogP contribution is 2.30. The van der Waals surface area contributed by atoms with Gasteiger partial charge in [-0.3, -0.25) is 4.79 Å². The van der Waals surface area contributed by atoms with Crippen molar-refractivity contribution in [3.63, 3.8) is 0 Å². The SMILES string of the molecule is Cc1cc(C)c(-c2nc(C=O)sc2C)cc1C. The molecule has 3 heteroatoms. The number of aromatic nitrogens is 1. The first-order valence-corrected chi connectivity index (χ1v) is 6.35. The molecule has 0 radical (unpaired) electrons. The Kier molecular flexibility index (Phi) is 3.11. The molecular formula is C14H15NOS. The van der Waals surface area contributed by atoms with Crippen LogP contribution in [0.4, 0.5) is 0 Å². The third kappa shape index (κ3) is 2.15. The van der Waals surface area contributed by atoms with E-state index in [-0.39, 0.29) is 0 Å². The summed E-state index contributed by atoms with van der Waals surface area (Å²) >= 11 is 1.45. The third-order valence-corrected chi connectivity index (χ3v) is 3.91. The molecule has 1 aromatic heterocycles. The van der Waals surface area contributed by atoms with Gasteiger partial charge in [-0.15, -0.1) is 11.3 Å². The largest absolute Gasteiger partial charge is 0.295 e. The molecule has 0 aliphatic rings. The van der Waals surface area contributed by atoms with Crippen molar-refractivity contribution < 1.29 is 4.79 Å². The molecule has 1 heterocycles. The maximum atomic E-state index is 10.8. The van der Waals surface area contributed by atoms with Gasteiger partial charge in [0, 0.05) is 10.4 Å². The highest BCUT2D eigenvalue weighted by molar-refractivity contribution is 7.13. The van der Waals surface area contributed by atoms with E-state index in [4.69, 9.17) is 0 Å². The predicted octanol–water partition coefficient (Wildman–Crippen LogP) is 3.86. The number of aryl methyl sites for hydroxylation is 4. The van der Waals surface area contributed by atoms with Gasteiger partial charge in [0.1, 0.15) is 0 Å². The van der Waals surface area contributed by atoms with Crippen LogP contribution in [0.5, 0.6) is 0 Å². The molecule has 0 unspecified atom stereocenters. The molecule has 0 spiro atoms. The summed E-state index contributed by atoms with van der Waals surface area (Å²) in [5.74, 6) is 0. The molecular weight excluding hydrogens is 230 g/mol. The van der Waals surface area contributed by atoms with Crippen molar-refractivity contribution in [2.75, 3.05) is 0 Å². The van der Waals surface area contributed by atoms with Crippen LogP contribution in [0.1, 0.15) is 31.4 Å². The zero-order chi connectivity index (χ0) is 12.6. The molecule has 0 saturated carbocycles. The summed E-state index contributed by atoms with van der Waals surface area (Å²) in [5.41, 5.74) is 5.83. The first kappa shape index (κ1) is 12.0. The number of thiazole rings is 1. The van der Waals surface area contributed by atoms with E-state index in [1.807, 2.05) is 6.92 Å². The Morgan fingerprint density at radius 2 is 1.71 bits per heavy atom. The van der Waals surface area contributed by atoms with Crippen LogP contribution >= 0.6 is 11.3 Å². The average Bonchev–Trinajstić information content (AvgIpc) is 2.65. The van der Waals surface area contributed by atoms with Gasteiger partial charge in [0.05, 0.1) is 5.69 Å². The molecule has 2 rings (SSSR count). The van der Waals surface area contributed by atoms with Gasteiger partial charge in [0.15, 0.2) is 11.3 Å². The van der Waals surface area contributed by atoms with Crippen LogP contribution in [-0.2, 0) is 0 Å². The van der Waals surface area contributed by atoms with E-state index in [2.05, 4.69) is 37.9 Å². The minimum atomic E-state index is 0.551. The van der Waals surface area contributed by atoms with Crippen LogP contribution in [0, 0.1) is 27.7 Å². The average molecular weight is 245 g/mol. The van der Waals surface area contributed by atoms with Crippen LogP contribution in [0.3, 0.4) is 0 Å². The fourth-order valence-electron chi connectivity index (χ4n) is 1.93. The standard InChI is InChI=1S/C14H15NOS/c1-8-5-10(3)12(6-9(8)2)14-11(4)17-13(7-16)15-14/h5-7H,1-4H3. The summed E-state index contributed by atoms with van der Waals surface area (Å²) in [4.78, 5) is 16.2. The Balaban J connectivity index is 2.63. The van der Waals surface area contributed by atoms with E-state index in [1.165, 1.54) is 28.0 Å². The zero-order valence-electron chi connectivity index (χ0n) is 10.5.